The van der Waals surface area contributed by atoms with Gasteiger partial charge in [0.15, 0.2) is 0 Å². The molecule has 20 heavy (non-hydrogen) atoms. The highest BCUT2D eigenvalue weighted by atomic mass is 32.2. The zero-order valence-corrected chi connectivity index (χ0v) is 12.4. The summed E-state index contributed by atoms with van der Waals surface area (Å²) in [6.45, 7) is 1.25. The molecule has 1 fully saturated rings. The molecule has 1 aliphatic heterocycles. The molecule has 2 aromatic heterocycles. The molecular formula is C14H19N3O2S. The molecule has 0 aliphatic carbocycles. The summed E-state index contributed by atoms with van der Waals surface area (Å²) in [5.41, 5.74) is 0.709. The molecule has 6 heteroatoms. The molecule has 0 amide bonds. The van der Waals surface area contributed by atoms with Crippen LogP contribution < -0.4 is 0 Å². The number of sulfonamides is 1. The number of nitrogens with zero attached hydrogens (tertiary/aromatic N) is 3. The van der Waals surface area contributed by atoms with Gasteiger partial charge >= 0.3 is 0 Å². The van der Waals surface area contributed by atoms with E-state index in [4.69, 9.17) is 0 Å². The van der Waals surface area contributed by atoms with Crippen LogP contribution in [-0.2, 0) is 17.1 Å². The lowest BCUT2D eigenvalue weighted by Crippen LogP contribution is -2.31. The first-order valence-electron chi connectivity index (χ1n) is 7.01. The van der Waals surface area contributed by atoms with Crippen LogP contribution in [0.5, 0.6) is 0 Å². The number of fused-ring (bicyclic) bond motifs is 1. The first kappa shape index (κ1) is 13.6. The van der Waals surface area contributed by atoms with Gasteiger partial charge in [-0.25, -0.2) is 13.4 Å². The lowest BCUT2D eigenvalue weighted by Gasteiger charge is -2.19. The first-order valence-corrected chi connectivity index (χ1v) is 8.45. The van der Waals surface area contributed by atoms with Crippen LogP contribution in [-0.4, -0.2) is 35.4 Å². The second-order valence-electron chi connectivity index (χ2n) is 5.30. The van der Waals surface area contributed by atoms with Crippen molar-refractivity contribution in [3.63, 3.8) is 0 Å². The highest BCUT2D eigenvalue weighted by molar-refractivity contribution is 7.89. The molecule has 3 rings (SSSR count). The number of pyridine rings is 1. The fourth-order valence-electron chi connectivity index (χ4n) is 2.80. The Morgan fingerprint density at radius 3 is 2.55 bits per heavy atom. The van der Waals surface area contributed by atoms with Crippen LogP contribution in [0.2, 0.25) is 0 Å². The minimum absolute atomic E-state index is 0.380. The highest BCUT2D eigenvalue weighted by Gasteiger charge is 2.28. The third-order valence-corrected chi connectivity index (χ3v) is 5.81. The quantitative estimate of drug-likeness (QED) is 0.852. The molecule has 0 radical (unpaired) electrons. The van der Waals surface area contributed by atoms with Gasteiger partial charge in [0.05, 0.1) is 0 Å². The smallest absolute Gasteiger partial charge is 0.245 e. The molecule has 0 unspecified atom stereocenters. The Labute approximate surface area is 119 Å². The summed E-state index contributed by atoms with van der Waals surface area (Å²) < 4.78 is 29.1. The Morgan fingerprint density at radius 1 is 1.15 bits per heavy atom. The average Bonchev–Trinajstić information content (AvgIpc) is 2.65. The second-order valence-corrected chi connectivity index (χ2v) is 7.20. The van der Waals surface area contributed by atoms with E-state index in [0.29, 0.717) is 29.0 Å². The molecule has 0 atom stereocenters. The van der Waals surface area contributed by atoms with Crippen molar-refractivity contribution in [1.82, 2.24) is 13.9 Å². The van der Waals surface area contributed by atoms with Crippen molar-refractivity contribution in [2.24, 2.45) is 7.05 Å². The molecule has 0 saturated carbocycles. The highest BCUT2D eigenvalue weighted by Crippen LogP contribution is 2.27. The lowest BCUT2D eigenvalue weighted by molar-refractivity contribution is 0.424. The van der Waals surface area contributed by atoms with Crippen LogP contribution in [0.3, 0.4) is 0 Å². The van der Waals surface area contributed by atoms with Gasteiger partial charge in [-0.2, -0.15) is 4.31 Å². The van der Waals surface area contributed by atoms with E-state index in [9.17, 15) is 8.42 Å². The summed E-state index contributed by atoms with van der Waals surface area (Å²) in [5.74, 6) is 0. The maximum absolute atomic E-state index is 12.9. The Kier molecular flexibility index (Phi) is 3.52. The fraction of sp³-hybridized carbons (Fsp3) is 0.500. The predicted molar refractivity (Wildman–Crippen MR) is 77.9 cm³/mol. The van der Waals surface area contributed by atoms with Gasteiger partial charge in [-0.05, 0) is 25.0 Å². The van der Waals surface area contributed by atoms with Crippen molar-refractivity contribution in [2.45, 2.75) is 30.6 Å². The van der Waals surface area contributed by atoms with E-state index in [0.717, 1.165) is 25.7 Å². The minimum atomic E-state index is -3.42. The van der Waals surface area contributed by atoms with Crippen molar-refractivity contribution in [3.05, 3.63) is 24.5 Å². The van der Waals surface area contributed by atoms with Gasteiger partial charge in [0.2, 0.25) is 10.0 Å². The van der Waals surface area contributed by atoms with Crippen LogP contribution in [0.15, 0.2) is 29.4 Å². The van der Waals surface area contributed by atoms with Gasteiger partial charge in [0.25, 0.3) is 0 Å². The third kappa shape index (κ3) is 2.23. The fourth-order valence-corrected chi connectivity index (χ4v) is 4.55. The summed E-state index contributed by atoms with van der Waals surface area (Å²) >= 11 is 0. The zero-order chi connectivity index (χ0) is 14.2. The number of rotatable bonds is 2. The molecule has 1 saturated heterocycles. The summed E-state index contributed by atoms with van der Waals surface area (Å²) in [6, 6.07) is 3.61. The van der Waals surface area contributed by atoms with E-state index in [-0.39, 0.29) is 0 Å². The van der Waals surface area contributed by atoms with E-state index in [2.05, 4.69) is 4.98 Å². The second kappa shape index (κ2) is 5.18. The molecule has 1 aliphatic rings. The SMILES string of the molecule is Cn1cc(S(=O)(=O)N2CCCCCC2)c2cccnc21. The van der Waals surface area contributed by atoms with Crippen molar-refractivity contribution in [1.29, 1.82) is 0 Å². The molecule has 0 N–H and O–H groups in total. The monoisotopic (exact) mass is 293 g/mol. The predicted octanol–water partition coefficient (Wildman–Crippen LogP) is 2.14. The van der Waals surface area contributed by atoms with E-state index >= 15 is 0 Å². The summed E-state index contributed by atoms with van der Waals surface area (Å²) in [6.07, 6.45) is 7.49. The topological polar surface area (TPSA) is 55.2 Å². The molecule has 108 valence electrons. The molecule has 0 spiro atoms. The normalized spacial score (nSPS) is 18.2. The Bertz CT molecular complexity index is 713. The summed E-state index contributed by atoms with van der Waals surface area (Å²) in [7, 11) is -1.59. The van der Waals surface area contributed by atoms with Gasteiger partial charge in [-0.15, -0.1) is 0 Å². The maximum Gasteiger partial charge on any atom is 0.245 e. The number of aryl methyl sites for hydroxylation is 1. The van der Waals surface area contributed by atoms with Crippen LogP contribution >= 0.6 is 0 Å². The van der Waals surface area contributed by atoms with Crippen LogP contribution in [0.25, 0.3) is 11.0 Å². The summed E-state index contributed by atoms with van der Waals surface area (Å²) in [5, 5.41) is 0.708. The van der Waals surface area contributed by atoms with Crippen molar-refractivity contribution in [2.75, 3.05) is 13.1 Å². The van der Waals surface area contributed by atoms with Gasteiger partial charge in [-0.1, -0.05) is 12.8 Å². The van der Waals surface area contributed by atoms with E-state index < -0.39 is 10.0 Å². The molecule has 3 heterocycles. The van der Waals surface area contributed by atoms with Crippen LogP contribution in [0, 0.1) is 0 Å². The van der Waals surface area contributed by atoms with Gasteiger partial charge < -0.3 is 4.57 Å². The standard InChI is InChI=1S/C14H19N3O2S/c1-16-11-13(12-7-6-8-15-14(12)16)20(18,19)17-9-4-2-3-5-10-17/h6-8,11H,2-5,9-10H2,1H3. The van der Waals surface area contributed by atoms with Crippen LogP contribution in [0.4, 0.5) is 0 Å². The number of hydrogen-bond acceptors (Lipinski definition) is 3. The first-order chi connectivity index (χ1) is 9.60. The Hall–Kier alpha value is -1.40. The molecule has 5 nitrogen and oxygen atoms in total. The van der Waals surface area contributed by atoms with Gasteiger partial charge in [0, 0.05) is 37.9 Å². The molecule has 0 aromatic carbocycles. The van der Waals surface area contributed by atoms with Crippen molar-refractivity contribution < 1.29 is 8.42 Å². The Balaban J connectivity index is 2.09. The number of aromatic nitrogens is 2. The molecule has 2 aromatic rings. The molecular weight excluding hydrogens is 274 g/mol. The average molecular weight is 293 g/mol. The lowest BCUT2D eigenvalue weighted by atomic mass is 10.2. The zero-order valence-electron chi connectivity index (χ0n) is 11.6. The Morgan fingerprint density at radius 2 is 1.85 bits per heavy atom. The largest absolute Gasteiger partial charge is 0.334 e. The van der Waals surface area contributed by atoms with Crippen LogP contribution in [0.1, 0.15) is 25.7 Å². The van der Waals surface area contributed by atoms with E-state index in [1.807, 2.05) is 13.1 Å². The maximum atomic E-state index is 12.9. The van der Waals surface area contributed by atoms with E-state index in [1.54, 1.807) is 27.3 Å². The minimum Gasteiger partial charge on any atom is -0.334 e. The number of hydrogen-bond donors (Lipinski definition) is 0. The molecule has 0 bridgehead atoms. The van der Waals surface area contributed by atoms with Gasteiger partial charge in [-0.3, -0.25) is 0 Å². The third-order valence-electron chi connectivity index (χ3n) is 3.88. The van der Waals surface area contributed by atoms with Crippen molar-refractivity contribution >= 4 is 21.1 Å². The van der Waals surface area contributed by atoms with E-state index in [1.165, 1.54) is 0 Å². The van der Waals surface area contributed by atoms with Gasteiger partial charge in [0.1, 0.15) is 10.5 Å². The summed E-state index contributed by atoms with van der Waals surface area (Å²) in [4.78, 5) is 4.64. The van der Waals surface area contributed by atoms with Crippen molar-refractivity contribution in [3.8, 4) is 0 Å².